The molecule has 0 aliphatic carbocycles. The molecule has 3 heterocycles. The first-order valence-electron chi connectivity index (χ1n) is 8.76. The lowest BCUT2D eigenvalue weighted by atomic mass is 9.86. The SMILES string of the molecule is COC(=O)C[C@H]1c2ccccc2N2C(=O)Cc3c([nH]c4ccccc34)[C@@H]12. The molecule has 0 unspecified atom stereocenters. The summed E-state index contributed by atoms with van der Waals surface area (Å²) in [5, 5.41) is 1.09. The monoisotopic (exact) mass is 346 g/mol. The number of esters is 1. The van der Waals surface area contributed by atoms with Crippen molar-refractivity contribution >= 4 is 28.5 Å². The minimum absolute atomic E-state index is 0.0760. The van der Waals surface area contributed by atoms with Crippen molar-refractivity contribution in [3.63, 3.8) is 0 Å². The number of carbonyl (C=O) groups excluding carboxylic acids is 2. The van der Waals surface area contributed by atoms with Crippen LogP contribution >= 0.6 is 0 Å². The third-order valence-electron chi connectivity index (χ3n) is 5.61. The number of para-hydroxylation sites is 2. The van der Waals surface area contributed by atoms with E-state index in [0.29, 0.717) is 6.42 Å². The molecule has 130 valence electrons. The van der Waals surface area contributed by atoms with E-state index >= 15 is 0 Å². The first-order valence-corrected chi connectivity index (χ1v) is 8.76. The van der Waals surface area contributed by atoms with Crippen LogP contribution in [-0.4, -0.2) is 24.0 Å². The van der Waals surface area contributed by atoms with Crippen LogP contribution in [0.25, 0.3) is 10.9 Å². The highest BCUT2D eigenvalue weighted by molar-refractivity contribution is 6.03. The van der Waals surface area contributed by atoms with Crippen molar-refractivity contribution < 1.29 is 14.3 Å². The summed E-state index contributed by atoms with van der Waals surface area (Å²) in [5.74, 6) is -0.302. The molecular formula is C21H18N2O3. The smallest absolute Gasteiger partial charge is 0.306 e. The minimum atomic E-state index is -0.262. The summed E-state index contributed by atoms with van der Waals surface area (Å²) in [5.41, 5.74) is 5.05. The number of fused-ring (bicyclic) bond motifs is 7. The lowest BCUT2D eigenvalue weighted by molar-refractivity contribution is -0.141. The number of methoxy groups -OCH3 is 1. The highest BCUT2D eigenvalue weighted by atomic mass is 16.5. The fourth-order valence-corrected chi connectivity index (χ4v) is 4.52. The summed E-state index contributed by atoms with van der Waals surface area (Å²) in [4.78, 5) is 30.5. The average Bonchev–Trinajstić information content (AvgIpc) is 3.19. The van der Waals surface area contributed by atoms with E-state index in [1.54, 1.807) is 0 Å². The number of carbonyl (C=O) groups is 2. The molecule has 0 saturated heterocycles. The molecule has 0 saturated carbocycles. The zero-order valence-electron chi connectivity index (χ0n) is 14.4. The van der Waals surface area contributed by atoms with Gasteiger partial charge in [0.05, 0.1) is 26.0 Å². The molecule has 26 heavy (non-hydrogen) atoms. The summed E-state index contributed by atoms with van der Waals surface area (Å²) in [7, 11) is 1.40. The standard InChI is InChI=1S/C21H18N2O3/c1-26-19(25)11-15-13-7-3-5-9-17(13)23-18(24)10-14-12-6-2-4-8-16(12)22-20(14)21(15)23/h2-9,15,21-22H,10-11H2,1H3/t15-,21+/m0/s1. The van der Waals surface area contributed by atoms with E-state index in [9.17, 15) is 9.59 Å². The predicted molar refractivity (Wildman–Crippen MR) is 98.0 cm³/mol. The fourth-order valence-electron chi connectivity index (χ4n) is 4.52. The van der Waals surface area contributed by atoms with Crippen molar-refractivity contribution in [2.75, 3.05) is 12.0 Å². The zero-order chi connectivity index (χ0) is 17.8. The maximum absolute atomic E-state index is 13.0. The van der Waals surface area contributed by atoms with Crippen LogP contribution in [-0.2, 0) is 20.7 Å². The molecule has 3 aromatic rings. The molecule has 2 aliphatic rings. The number of H-pyrrole nitrogens is 1. The van der Waals surface area contributed by atoms with Crippen LogP contribution in [0.4, 0.5) is 5.69 Å². The normalized spacial score (nSPS) is 20.7. The average molecular weight is 346 g/mol. The Hall–Kier alpha value is -3.08. The molecule has 1 amide bonds. The van der Waals surface area contributed by atoms with Crippen LogP contribution < -0.4 is 4.90 Å². The van der Waals surface area contributed by atoms with Gasteiger partial charge in [-0.1, -0.05) is 36.4 Å². The van der Waals surface area contributed by atoms with Crippen molar-refractivity contribution in [3.05, 3.63) is 65.4 Å². The number of nitrogens with zero attached hydrogens (tertiary/aromatic N) is 1. The van der Waals surface area contributed by atoms with E-state index in [4.69, 9.17) is 4.74 Å². The van der Waals surface area contributed by atoms with Crippen LogP contribution in [0.1, 0.15) is 35.2 Å². The number of hydrogen-bond acceptors (Lipinski definition) is 3. The Morgan fingerprint density at radius 3 is 2.81 bits per heavy atom. The van der Waals surface area contributed by atoms with Crippen LogP contribution in [0, 0.1) is 0 Å². The molecule has 5 rings (SSSR count). The quantitative estimate of drug-likeness (QED) is 0.723. The lowest BCUT2D eigenvalue weighted by Gasteiger charge is -2.33. The first-order chi connectivity index (χ1) is 12.7. The number of ether oxygens (including phenoxy) is 1. The molecule has 0 radical (unpaired) electrons. The second kappa shape index (κ2) is 5.46. The third-order valence-corrected chi connectivity index (χ3v) is 5.61. The van der Waals surface area contributed by atoms with Gasteiger partial charge in [-0.15, -0.1) is 0 Å². The summed E-state index contributed by atoms with van der Waals surface area (Å²) >= 11 is 0. The molecule has 5 heteroatoms. The molecule has 0 fully saturated rings. The number of rotatable bonds is 2. The Morgan fingerprint density at radius 2 is 1.96 bits per heavy atom. The number of hydrogen-bond donors (Lipinski definition) is 1. The van der Waals surface area contributed by atoms with Gasteiger partial charge in [-0.2, -0.15) is 0 Å². The van der Waals surface area contributed by atoms with E-state index in [0.717, 1.165) is 33.4 Å². The maximum atomic E-state index is 13.0. The van der Waals surface area contributed by atoms with Gasteiger partial charge in [0.1, 0.15) is 0 Å². The molecule has 1 N–H and O–H groups in total. The number of aromatic nitrogens is 1. The summed E-state index contributed by atoms with van der Waals surface area (Å²) in [6, 6.07) is 15.7. The molecule has 1 aromatic heterocycles. The molecule has 2 aromatic carbocycles. The van der Waals surface area contributed by atoms with Crippen LogP contribution in [0.15, 0.2) is 48.5 Å². The van der Waals surface area contributed by atoms with Gasteiger partial charge in [-0.05, 0) is 23.3 Å². The van der Waals surface area contributed by atoms with Crippen LogP contribution in [0.2, 0.25) is 0 Å². The van der Waals surface area contributed by atoms with Gasteiger partial charge in [0.15, 0.2) is 0 Å². The molecule has 5 nitrogen and oxygen atoms in total. The van der Waals surface area contributed by atoms with Crippen molar-refractivity contribution in [3.8, 4) is 0 Å². The highest BCUT2D eigenvalue weighted by Crippen LogP contribution is 2.53. The van der Waals surface area contributed by atoms with Gasteiger partial charge in [-0.25, -0.2) is 0 Å². The molecule has 0 bridgehead atoms. The van der Waals surface area contributed by atoms with Crippen LogP contribution in [0.5, 0.6) is 0 Å². The third kappa shape index (κ3) is 1.97. The summed E-state index contributed by atoms with van der Waals surface area (Å²) < 4.78 is 4.93. The van der Waals surface area contributed by atoms with Gasteiger partial charge in [0, 0.05) is 28.2 Å². The van der Waals surface area contributed by atoms with Crippen molar-refractivity contribution in [2.24, 2.45) is 0 Å². The minimum Gasteiger partial charge on any atom is -0.469 e. The van der Waals surface area contributed by atoms with E-state index < -0.39 is 0 Å². The molecule has 0 spiro atoms. The number of benzene rings is 2. The number of nitrogens with one attached hydrogen (secondary N) is 1. The fraction of sp³-hybridized carbons (Fsp3) is 0.238. The van der Waals surface area contributed by atoms with Gasteiger partial charge in [0.25, 0.3) is 0 Å². The summed E-state index contributed by atoms with van der Waals surface area (Å²) in [6.07, 6.45) is 0.617. The van der Waals surface area contributed by atoms with Crippen molar-refractivity contribution in [1.82, 2.24) is 4.98 Å². The van der Waals surface area contributed by atoms with Gasteiger partial charge >= 0.3 is 5.97 Å². The second-order valence-corrected chi connectivity index (χ2v) is 6.89. The van der Waals surface area contributed by atoms with Gasteiger partial charge in [-0.3, -0.25) is 9.59 Å². The Kier molecular flexibility index (Phi) is 3.19. The summed E-state index contributed by atoms with van der Waals surface area (Å²) in [6.45, 7) is 0. The molecular weight excluding hydrogens is 328 g/mol. The van der Waals surface area contributed by atoms with E-state index in [1.807, 2.05) is 53.4 Å². The van der Waals surface area contributed by atoms with Crippen molar-refractivity contribution in [1.29, 1.82) is 0 Å². The lowest BCUT2D eigenvalue weighted by Crippen LogP contribution is -2.39. The first kappa shape index (κ1) is 15.2. The van der Waals surface area contributed by atoms with Crippen molar-refractivity contribution in [2.45, 2.75) is 24.8 Å². The zero-order valence-corrected chi connectivity index (χ0v) is 14.4. The predicted octanol–water partition coefficient (Wildman–Crippen LogP) is 3.46. The Bertz CT molecular complexity index is 1050. The topological polar surface area (TPSA) is 62.4 Å². The number of anilines is 1. The largest absolute Gasteiger partial charge is 0.469 e. The van der Waals surface area contributed by atoms with Gasteiger partial charge in [0.2, 0.25) is 5.91 Å². The Balaban J connectivity index is 1.73. The molecule has 2 aliphatic heterocycles. The van der Waals surface area contributed by atoms with Gasteiger partial charge < -0.3 is 14.6 Å². The van der Waals surface area contributed by atoms with E-state index in [1.165, 1.54) is 7.11 Å². The Morgan fingerprint density at radius 1 is 1.19 bits per heavy atom. The highest BCUT2D eigenvalue weighted by Gasteiger charge is 2.47. The van der Waals surface area contributed by atoms with E-state index in [-0.39, 0.29) is 30.3 Å². The Labute approximate surface area is 150 Å². The molecule has 2 atom stereocenters. The van der Waals surface area contributed by atoms with Crippen LogP contribution in [0.3, 0.4) is 0 Å². The second-order valence-electron chi connectivity index (χ2n) is 6.89. The maximum Gasteiger partial charge on any atom is 0.306 e. The van der Waals surface area contributed by atoms with E-state index in [2.05, 4.69) is 4.98 Å². The number of amides is 1. The number of aromatic amines is 1.